The molecule has 0 unspecified atom stereocenters. The van der Waals surface area contributed by atoms with Crippen molar-refractivity contribution in [2.24, 2.45) is 0 Å². The molecule has 0 spiro atoms. The summed E-state index contributed by atoms with van der Waals surface area (Å²) >= 11 is 0. The Labute approximate surface area is 66.3 Å². The number of hydroxylamine groups is 1. The minimum absolute atomic E-state index is 0.0888. The highest BCUT2D eigenvalue weighted by molar-refractivity contribution is 5.75. The van der Waals surface area contributed by atoms with Gasteiger partial charge in [0, 0.05) is 6.54 Å². The summed E-state index contributed by atoms with van der Waals surface area (Å²) in [6.07, 6.45) is 1.95. The van der Waals surface area contributed by atoms with Crippen LogP contribution in [0.4, 0.5) is 0 Å². The van der Waals surface area contributed by atoms with Crippen molar-refractivity contribution in [3.63, 3.8) is 0 Å². The molecule has 4 heteroatoms. The van der Waals surface area contributed by atoms with Gasteiger partial charge in [-0.25, -0.2) is 4.79 Å². The van der Waals surface area contributed by atoms with Crippen molar-refractivity contribution in [1.82, 2.24) is 10.8 Å². The van der Waals surface area contributed by atoms with Crippen LogP contribution in [-0.4, -0.2) is 25.1 Å². The van der Waals surface area contributed by atoms with Crippen LogP contribution in [0.1, 0.15) is 19.8 Å². The van der Waals surface area contributed by atoms with Gasteiger partial charge in [-0.3, -0.25) is 0 Å². The molecule has 0 aromatic carbocycles. The van der Waals surface area contributed by atoms with Gasteiger partial charge in [0.2, 0.25) is 0 Å². The van der Waals surface area contributed by atoms with Gasteiger partial charge in [0.25, 0.3) is 0 Å². The van der Waals surface area contributed by atoms with Crippen molar-refractivity contribution >= 4 is 5.97 Å². The van der Waals surface area contributed by atoms with Gasteiger partial charge >= 0.3 is 5.97 Å². The van der Waals surface area contributed by atoms with E-state index in [1.165, 1.54) is 0 Å². The second-order valence-corrected chi connectivity index (χ2v) is 2.57. The standard InChI is InChI=1S/C7H14N2O2/c1-2-9-11-7(10)6-4-3-5-8-6/h6,8-9H,2-5H2,1H3/t6-/m0/s1. The number of nitrogens with one attached hydrogen (secondary N) is 2. The van der Waals surface area contributed by atoms with Gasteiger partial charge < -0.3 is 10.2 Å². The molecular formula is C7H14N2O2. The van der Waals surface area contributed by atoms with Crippen LogP contribution in [0.25, 0.3) is 0 Å². The van der Waals surface area contributed by atoms with E-state index in [0.717, 1.165) is 19.4 Å². The van der Waals surface area contributed by atoms with E-state index in [4.69, 9.17) is 4.84 Å². The molecule has 0 amide bonds. The lowest BCUT2D eigenvalue weighted by molar-refractivity contribution is -0.153. The van der Waals surface area contributed by atoms with Gasteiger partial charge in [-0.15, -0.1) is 0 Å². The number of rotatable bonds is 3. The van der Waals surface area contributed by atoms with Crippen LogP contribution in [0, 0.1) is 0 Å². The Morgan fingerprint density at radius 3 is 3.18 bits per heavy atom. The SMILES string of the molecule is CCNOC(=O)[C@@H]1CCCN1. The molecule has 0 saturated carbocycles. The Kier molecular flexibility index (Phi) is 3.32. The lowest BCUT2D eigenvalue weighted by Crippen LogP contribution is -2.35. The molecule has 0 aliphatic carbocycles. The summed E-state index contributed by atoms with van der Waals surface area (Å²) in [5, 5.41) is 3.05. The third-order valence-electron chi connectivity index (χ3n) is 1.66. The first kappa shape index (κ1) is 8.49. The highest BCUT2D eigenvalue weighted by atomic mass is 16.7. The van der Waals surface area contributed by atoms with E-state index in [0.29, 0.717) is 6.54 Å². The van der Waals surface area contributed by atoms with E-state index in [-0.39, 0.29) is 12.0 Å². The minimum Gasteiger partial charge on any atom is -0.369 e. The van der Waals surface area contributed by atoms with Crippen LogP contribution >= 0.6 is 0 Å². The van der Waals surface area contributed by atoms with Crippen LogP contribution in [0.2, 0.25) is 0 Å². The number of carbonyl (C=O) groups excluding carboxylic acids is 1. The summed E-state index contributed by atoms with van der Waals surface area (Å²) in [6.45, 7) is 3.46. The fourth-order valence-electron chi connectivity index (χ4n) is 1.10. The maximum absolute atomic E-state index is 11.1. The summed E-state index contributed by atoms with van der Waals surface area (Å²) < 4.78 is 0. The zero-order valence-corrected chi connectivity index (χ0v) is 6.72. The molecule has 1 saturated heterocycles. The molecule has 1 aliphatic heterocycles. The molecule has 11 heavy (non-hydrogen) atoms. The molecule has 0 radical (unpaired) electrons. The van der Waals surface area contributed by atoms with Crippen LogP contribution in [0.3, 0.4) is 0 Å². The van der Waals surface area contributed by atoms with Gasteiger partial charge in [-0.05, 0) is 26.3 Å². The third-order valence-corrected chi connectivity index (χ3v) is 1.66. The predicted molar refractivity (Wildman–Crippen MR) is 40.8 cm³/mol. The van der Waals surface area contributed by atoms with Crippen molar-refractivity contribution in [3.05, 3.63) is 0 Å². The Morgan fingerprint density at radius 1 is 1.82 bits per heavy atom. The molecule has 0 bridgehead atoms. The second kappa shape index (κ2) is 4.31. The minimum atomic E-state index is -0.190. The maximum atomic E-state index is 11.1. The smallest absolute Gasteiger partial charge is 0.341 e. The topological polar surface area (TPSA) is 50.4 Å². The van der Waals surface area contributed by atoms with E-state index in [1.807, 2.05) is 6.92 Å². The number of hydrogen-bond acceptors (Lipinski definition) is 4. The zero-order valence-electron chi connectivity index (χ0n) is 6.72. The van der Waals surface area contributed by atoms with Gasteiger partial charge in [0.05, 0.1) is 0 Å². The number of carbonyl (C=O) groups is 1. The van der Waals surface area contributed by atoms with Crippen LogP contribution in [-0.2, 0) is 9.63 Å². The van der Waals surface area contributed by atoms with Crippen molar-refractivity contribution < 1.29 is 9.63 Å². The van der Waals surface area contributed by atoms with Crippen molar-refractivity contribution in [1.29, 1.82) is 0 Å². The average molecular weight is 158 g/mol. The maximum Gasteiger partial charge on any atom is 0.341 e. The molecule has 4 nitrogen and oxygen atoms in total. The van der Waals surface area contributed by atoms with Crippen molar-refractivity contribution in [2.45, 2.75) is 25.8 Å². The Morgan fingerprint density at radius 2 is 2.64 bits per heavy atom. The third kappa shape index (κ3) is 2.48. The molecule has 1 rings (SSSR count). The predicted octanol–water partition coefficient (Wildman–Crippen LogP) is -0.194. The first-order chi connectivity index (χ1) is 5.34. The van der Waals surface area contributed by atoms with Crippen molar-refractivity contribution in [3.8, 4) is 0 Å². The highest BCUT2D eigenvalue weighted by Gasteiger charge is 2.23. The molecule has 1 atom stereocenters. The van der Waals surface area contributed by atoms with E-state index >= 15 is 0 Å². The summed E-state index contributed by atoms with van der Waals surface area (Å²) in [7, 11) is 0. The summed E-state index contributed by atoms with van der Waals surface area (Å²) in [5.41, 5.74) is 2.54. The molecule has 1 aliphatic rings. The van der Waals surface area contributed by atoms with E-state index in [9.17, 15) is 4.79 Å². The van der Waals surface area contributed by atoms with E-state index in [2.05, 4.69) is 10.8 Å². The monoisotopic (exact) mass is 158 g/mol. The normalized spacial score (nSPS) is 23.5. The second-order valence-electron chi connectivity index (χ2n) is 2.57. The molecule has 0 aromatic heterocycles. The number of hydrogen-bond donors (Lipinski definition) is 2. The van der Waals surface area contributed by atoms with Gasteiger partial charge in [0.1, 0.15) is 6.04 Å². The zero-order chi connectivity index (χ0) is 8.10. The largest absolute Gasteiger partial charge is 0.369 e. The molecule has 1 heterocycles. The molecule has 2 N–H and O–H groups in total. The summed E-state index contributed by atoms with van der Waals surface area (Å²) in [5.74, 6) is -0.190. The molecule has 0 aromatic rings. The van der Waals surface area contributed by atoms with Gasteiger partial charge in [0.15, 0.2) is 0 Å². The molecular weight excluding hydrogens is 144 g/mol. The Balaban J connectivity index is 2.17. The molecule has 64 valence electrons. The lowest BCUT2D eigenvalue weighted by atomic mass is 10.2. The average Bonchev–Trinajstić information content (AvgIpc) is 2.52. The van der Waals surface area contributed by atoms with Crippen LogP contribution in [0.15, 0.2) is 0 Å². The highest BCUT2D eigenvalue weighted by Crippen LogP contribution is 2.05. The van der Waals surface area contributed by atoms with Crippen molar-refractivity contribution in [2.75, 3.05) is 13.1 Å². The van der Waals surface area contributed by atoms with Crippen LogP contribution in [0.5, 0.6) is 0 Å². The first-order valence-electron chi connectivity index (χ1n) is 4.01. The van der Waals surface area contributed by atoms with E-state index in [1.54, 1.807) is 0 Å². The van der Waals surface area contributed by atoms with E-state index < -0.39 is 0 Å². The molecule has 1 fully saturated rings. The van der Waals surface area contributed by atoms with Crippen LogP contribution < -0.4 is 10.8 Å². The van der Waals surface area contributed by atoms with Gasteiger partial charge in [-0.2, -0.15) is 5.48 Å². The Bertz CT molecular complexity index is 132. The Hall–Kier alpha value is -0.610. The van der Waals surface area contributed by atoms with Gasteiger partial charge in [-0.1, -0.05) is 0 Å². The lowest BCUT2D eigenvalue weighted by Gasteiger charge is -2.08. The quantitative estimate of drug-likeness (QED) is 0.559. The summed E-state index contributed by atoms with van der Waals surface area (Å²) in [6, 6.07) is -0.0888. The fourth-order valence-corrected chi connectivity index (χ4v) is 1.10. The first-order valence-corrected chi connectivity index (χ1v) is 4.01. The fraction of sp³-hybridized carbons (Fsp3) is 0.857. The summed E-state index contributed by atoms with van der Waals surface area (Å²) in [4.78, 5) is 15.8.